The molecule has 27 heavy (non-hydrogen) atoms. The number of anilines is 1. The van der Waals surface area contributed by atoms with Gasteiger partial charge in [-0.3, -0.25) is 4.79 Å². The zero-order chi connectivity index (χ0) is 19.0. The standard InChI is InChI=1S/C19H15ClFN3O3/c1-26-16-6-5-14(9-15(16)21)24-10-12(8-17(24)25)18-22-19(27-23-18)11-3-2-4-13(20)7-11/h2-7,9,12H,8,10H2,1H3. The van der Waals surface area contributed by atoms with Crippen LogP contribution in [0.25, 0.3) is 11.5 Å². The molecule has 138 valence electrons. The number of benzene rings is 2. The van der Waals surface area contributed by atoms with Gasteiger partial charge in [-0.05, 0) is 30.3 Å². The van der Waals surface area contributed by atoms with Crippen LogP contribution in [-0.4, -0.2) is 29.7 Å². The summed E-state index contributed by atoms with van der Waals surface area (Å²) in [5.74, 6) is 0.0297. The second-order valence-corrected chi connectivity index (χ2v) is 6.63. The Kier molecular flexibility index (Phi) is 4.53. The summed E-state index contributed by atoms with van der Waals surface area (Å²) >= 11 is 5.99. The Hall–Kier alpha value is -2.93. The SMILES string of the molecule is COc1ccc(N2CC(c3noc(-c4cccc(Cl)c4)n3)CC2=O)cc1F. The summed E-state index contributed by atoms with van der Waals surface area (Å²) in [4.78, 5) is 18.3. The topological polar surface area (TPSA) is 68.5 Å². The van der Waals surface area contributed by atoms with Gasteiger partial charge in [-0.2, -0.15) is 4.98 Å². The van der Waals surface area contributed by atoms with Crippen LogP contribution in [0.3, 0.4) is 0 Å². The Balaban J connectivity index is 1.55. The summed E-state index contributed by atoms with van der Waals surface area (Å²) in [6.45, 7) is 0.346. The van der Waals surface area contributed by atoms with E-state index in [9.17, 15) is 9.18 Å². The van der Waals surface area contributed by atoms with E-state index >= 15 is 0 Å². The van der Waals surface area contributed by atoms with E-state index < -0.39 is 5.82 Å². The summed E-state index contributed by atoms with van der Waals surface area (Å²) in [6, 6.07) is 11.5. The molecule has 0 radical (unpaired) electrons. The molecule has 1 atom stereocenters. The molecule has 4 rings (SSSR count). The van der Waals surface area contributed by atoms with E-state index in [2.05, 4.69) is 10.1 Å². The van der Waals surface area contributed by atoms with Gasteiger partial charge in [0.05, 0.1) is 7.11 Å². The molecule has 1 saturated heterocycles. The number of nitrogens with zero attached hydrogens (tertiary/aromatic N) is 3. The summed E-state index contributed by atoms with van der Waals surface area (Å²) in [7, 11) is 1.39. The lowest BCUT2D eigenvalue weighted by molar-refractivity contribution is -0.117. The number of hydrogen-bond donors (Lipinski definition) is 0. The van der Waals surface area contributed by atoms with Crippen molar-refractivity contribution in [3.05, 3.63) is 59.1 Å². The number of carbonyl (C=O) groups excluding carboxylic acids is 1. The highest BCUT2D eigenvalue weighted by atomic mass is 35.5. The Morgan fingerprint density at radius 1 is 1.30 bits per heavy atom. The second-order valence-electron chi connectivity index (χ2n) is 6.19. The highest BCUT2D eigenvalue weighted by molar-refractivity contribution is 6.30. The van der Waals surface area contributed by atoms with Crippen LogP contribution in [0, 0.1) is 5.82 Å². The fourth-order valence-corrected chi connectivity index (χ4v) is 3.28. The van der Waals surface area contributed by atoms with Crippen LogP contribution in [0.1, 0.15) is 18.2 Å². The lowest BCUT2D eigenvalue weighted by atomic mass is 10.1. The lowest BCUT2D eigenvalue weighted by Gasteiger charge is -2.16. The minimum absolute atomic E-state index is 0.126. The first-order chi connectivity index (χ1) is 13.0. The highest BCUT2D eigenvalue weighted by Gasteiger charge is 2.35. The molecule has 1 aliphatic rings. The van der Waals surface area contributed by atoms with Crippen molar-refractivity contribution >= 4 is 23.2 Å². The molecule has 0 aliphatic carbocycles. The summed E-state index contributed by atoms with van der Waals surface area (Å²) in [6.07, 6.45) is 0.224. The van der Waals surface area contributed by atoms with E-state index in [-0.39, 0.29) is 24.0 Å². The van der Waals surface area contributed by atoms with Crippen LogP contribution in [0.2, 0.25) is 5.02 Å². The van der Waals surface area contributed by atoms with Gasteiger partial charge in [0, 0.05) is 41.2 Å². The normalized spacial score (nSPS) is 16.8. The first-order valence-corrected chi connectivity index (χ1v) is 8.66. The lowest BCUT2D eigenvalue weighted by Crippen LogP contribution is -2.24. The van der Waals surface area contributed by atoms with Gasteiger partial charge in [-0.15, -0.1) is 0 Å². The molecule has 1 amide bonds. The summed E-state index contributed by atoms with van der Waals surface area (Å²) < 4.78 is 24.2. The molecule has 3 aromatic rings. The van der Waals surface area contributed by atoms with E-state index in [0.717, 1.165) is 0 Å². The fourth-order valence-electron chi connectivity index (χ4n) is 3.09. The molecule has 1 unspecified atom stereocenters. The number of amides is 1. The molecule has 0 N–H and O–H groups in total. The van der Waals surface area contributed by atoms with Crippen molar-refractivity contribution in [3.63, 3.8) is 0 Å². The average Bonchev–Trinajstić information content (AvgIpc) is 3.28. The van der Waals surface area contributed by atoms with Gasteiger partial charge < -0.3 is 14.2 Å². The van der Waals surface area contributed by atoms with Gasteiger partial charge in [0.25, 0.3) is 5.89 Å². The number of methoxy groups -OCH3 is 1. The van der Waals surface area contributed by atoms with Crippen molar-refractivity contribution < 1.29 is 18.4 Å². The molecular weight excluding hydrogens is 373 g/mol. The zero-order valence-electron chi connectivity index (χ0n) is 14.4. The van der Waals surface area contributed by atoms with Gasteiger partial charge >= 0.3 is 0 Å². The first kappa shape index (κ1) is 17.5. The van der Waals surface area contributed by atoms with Crippen LogP contribution >= 0.6 is 11.6 Å². The maximum Gasteiger partial charge on any atom is 0.257 e. The van der Waals surface area contributed by atoms with Gasteiger partial charge in [0.15, 0.2) is 17.4 Å². The third-order valence-corrected chi connectivity index (χ3v) is 4.69. The summed E-state index contributed by atoms with van der Waals surface area (Å²) in [5, 5.41) is 4.58. The Morgan fingerprint density at radius 2 is 2.15 bits per heavy atom. The smallest absolute Gasteiger partial charge is 0.257 e. The monoisotopic (exact) mass is 387 g/mol. The molecule has 8 heteroatoms. The van der Waals surface area contributed by atoms with Crippen LogP contribution < -0.4 is 9.64 Å². The minimum atomic E-state index is -0.519. The van der Waals surface area contributed by atoms with Crippen molar-refractivity contribution in [3.8, 4) is 17.2 Å². The van der Waals surface area contributed by atoms with Crippen molar-refractivity contribution in [2.75, 3.05) is 18.6 Å². The van der Waals surface area contributed by atoms with Crippen LogP contribution in [0.4, 0.5) is 10.1 Å². The fraction of sp³-hybridized carbons (Fsp3) is 0.211. The van der Waals surface area contributed by atoms with Gasteiger partial charge in [-0.1, -0.05) is 22.8 Å². The van der Waals surface area contributed by atoms with E-state index in [1.165, 1.54) is 24.1 Å². The number of rotatable bonds is 4. The van der Waals surface area contributed by atoms with Gasteiger partial charge in [-0.25, -0.2) is 4.39 Å². The third-order valence-electron chi connectivity index (χ3n) is 4.45. The quantitative estimate of drug-likeness (QED) is 0.675. The zero-order valence-corrected chi connectivity index (χ0v) is 15.1. The average molecular weight is 388 g/mol. The third kappa shape index (κ3) is 3.38. The van der Waals surface area contributed by atoms with Gasteiger partial charge in [0.1, 0.15) is 0 Å². The Labute approximate surface area is 159 Å². The number of ether oxygens (including phenoxy) is 1. The molecule has 0 saturated carbocycles. The molecule has 1 aromatic heterocycles. The highest BCUT2D eigenvalue weighted by Crippen LogP contribution is 2.33. The second kappa shape index (κ2) is 7.00. The van der Waals surface area contributed by atoms with E-state index in [1.807, 2.05) is 6.07 Å². The molecule has 2 heterocycles. The molecule has 6 nitrogen and oxygen atoms in total. The predicted octanol–water partition coefficient (Wildman–Crippen LogP) is 4.06. The van der Waals surface area contributed by atoms with E-state index in [0.29, 0.717) is 34.5 Å². The maximum atomic E-state index is 14.0. The molecule has 0 bridgehead atoms. The van der Waals surface area contributed by atoms with Gasteiger partial charge in [0.2, 0.25) is 5.91 Å². The van der Waals surface area contributed by atoms with E-state index in [4.69, 9.17) is 20.9 Å². The van der Waals surface area contributed by atoms with E-state index in [1.54, 1.807) is 24.3 Å². The Morgan fingerprint density at radius 3 is 2.89 bits per heavy atom. The molecule has 0 spiro atoms. The molecule has 2 aromatic carbocycles. The molecule has 1 aliphatic heterocycles. The van der Waals surface area contributed by atoms with Crippen molar-refractivity contribution in [2.45, 2.75) is 12.3 Å². The predicted molar refractivity (Wildman–Crippen MR) is 97.4 cm³/mol. The van der Waals surface area contributed by atoms with Crippen LogP contribution in [0.15, 0.2) is 47.0 Å². The minimum Gasteiger partial charge on any atom is -0.494 e. The number of aromatic nitrogens is 2. The Bertz CT molecular complexity index is 1010. The molecular formula is C19H15ClFN3O3. The van der Waals surface area contributed by atoms with Crippen molar-refractivity contribution in [1.29, 1.82) is 0 Å². The number of hydrogen-bond acceptors (Lipinski definition) is 5. The number of carbonyl (C=O) groups is 1. The van der Waals surface area contributed by atoms with Crippen LogP contribution in [-0.2, 0) is 4.79 Å². The largest absolute Gasteiger partial charge is 0.494 e. The first-order valence-electron chi connectivity index (χ1n) is 8.28. The van der Waals surface area contributed by atoms with Crippen molar-refractivity contribution in [1.82, 2.24) is 10.1 Å². The maximum absolute atomic E-state index is 14.0. The summed E-state index contributed by atoms with van der Waals surface area (Å²) in [5.41, 5.74) is 1.18. The van der Waals surface area contributed by atoms with Crippen molar-refractivity contribution in [2.24, 2.45) is 0 Å². The molecule has 1 fully saturated rings. The number of halogens is 2. The van der Waals surface area contributed by atoms with Crippen LogP contribution in [0.5, 0.6) is 5.75 Å².